The van der Waals surface area contributed by atoms with E-state index in [2.05, 4.69) is 10.6 Å². The summed E-state index contributed by atoms with van der Waals surface area (Å²) in [6.07, 6.45) is 1.69. The lowest BCUT2D eigenvalue weighted by Gasteiger charge is -2.37. The van der Waals surface area contributed by atoms with Crippen LogP contribution in [-0.4, -0.2) is 52.5 Å². The highest BCUT2D eigenvalue weighted by molar-refractivity contribution is 7.98. The fourth-order valence-corrected chi connectivity index (χ4v) is 4.50. The van der Waals surface area contributed by atoms with Crippen molar-refractivity contribution in [3.63, 3.8) is 0 Å². The average molecular weight is 528 g/mol. The molecule has 0 fully saturated rings. The van der Waals surface area contributed by atoms with E-state index in [4.69, 9.17) is 4.74 Å². The number of hydrogen-bond donors (Lipinski definition) is 2. The molecule has 37 heavy (non-hydrogen) atoms. The molecule has 0 spiro atoms. The van der Waals surface area contributed by atoms with Gasteiger partial charge in [-0.3, -0.25) is 9.59 Å². The molecule has 0 radical (unpaired) electrons. The maximum Gasteiger partial charge on any atom is 0.408 e. The first-order valence-corrected chi connectivity index (χ1v) is 14.0. The van der Waals surface area contributed by atoms with Gasteiger partial charge in [0.15, 0.2) is 0 Å². The van der Waals surface area contributed by atoms with Crippen LogP contribution in [0.5, 0.6) is 0 Å². The van der Waals surface area contributed by atoms with Crippen LogP contribution in [0.1, 0.15) is 63.8 Å². The summed E-state index contributed by atoms with van der Waals surface area (Å²) in [5.41, 5.74) is 2.54. The first-order valence-electron chi connectivity index (χ1n) is 12.6. The molecule has 0 aliphatic rings. The van der Waals surface area contributed by atoms with E-state index in [1.54, 1.807) is 37.4 Å². The summed E-state index contributed by atoms with van der Waals surface area (Å²) in [5.74, 6) is 0.0115. The van der Waals surface area contributed by atoms with Crippen LogP contribution in [0, 0.1) is 13.8 Å². The van der Waals surface area contributed by atoms with Gasteiger partial charge in [-0.2, -0.15) is 11.8 Å². The standard InChI is InChI=1S/C29H41N3O4S/c1-19(2)32(27(34)24(17-18-37-8)31-28(35)36-29(5,6)7)25(22-15-11-9-13-20(22)3)26(33)30-23-16-12-10-14-21(23)4/h9-16,19,24-25H,17-18H2,1-8H3,(H,30,33)(H,31,35). The number of nitrogens with zero attached hydrogens (tertiary/aromatic N) is 1. The molecule has 0 bridgehead atoms. The highest BCUT2D eigenvalue weighted by Crippen LogP contribution is 2.29. The Morgan fingerprint density at radius 1 is 0.973 bits per heavy atom. The number of ether oxygens (including phenoxy) is 1. The molecule has 2 aromatic rings. The second kappa shape index (κ2) is 13.5. The van der Waals surface area contributed by atoms with Crippen molar-refractivity contribution in [1.29, 1.82) is 0 Å². The third-order valence-corrected chi connectivity index (χ3v) is 6.47. The lowest BCUT2D eigenvalue weighted by molar-refractivity contribution is -0.143. The number of thioether (sulfide) groups is 1. The minimum atomic E-state index is -0.898. The fraction of sp³-hybridized carbons (Fsp3) is 0.483. The van der Waals surface area contributed by atoms with Gasteiger partial charge in [-0.1, -0.05) is 42.5 Å². The number of benzene rings is 2. The Balaban J connectivity index is 2.52. The van der Waals surface area contributed by atoms with Crippen LogP contribution in [0.25, 0.3) is 0 Å². The predicted molar refractivity (Wildman–Crippen MR) is 152 cm³/mol. The van der Waals surface area contributed by atoms with Gasteiger partial charge in [0.25, 0.3) is 5.91 Å². The van der Waals surface area contributed by atoms with Crippen LogP contribution >= 0.6 is 11.8 Å². The topological polar surface area (TPSA) is 87.7 Å². The summed E-state index contributed by atoms with van der Waals surface area (Å²) >= 11 is 1.58. The molecule has 2 aromatic carbocycles. The number of carbonyl (C=O) groups is 3. The van der Waals surface area contributed by atoms with Gasteiger partial charge in [-0.05, 0) is 89.7 Å². The van der Waals surface area contributed by atoms with E-state index in [0.29, 0.717) is 17.9 Å². The van der Waals surface area contributed by atoms with Crippen molar-refractivity contribution in [1.82, 2.24) is 10.2 Å². The lowest BCUT2D eigenvalue weighted by atomic mass is 9.96. The van der Waals surface area contributed by atoms with Crippen molar-refractivity contribution in [2.24, 2.45) is 0 Å². The van der Waals surface area contributed by atoms with E-state index in [0.717, 1.165) is 16.7 Å². The summed E-state index contributed by atoms with van der Waals surface area (Å²) in [6, 6.07) is 13.0. The summed E-state index contributed by atoms with van der Waals surface area (Å²) < 4.78 is 5.44. The maximum atomic E-state index is 14.1. The molecule has 3 amide bonds. The molecule has 8 heteroatoms. The van der Waals surface area contributed by atoms with E-state index in [9.17, 15) is 14.4 Å². The van der Waals surface area contributed by atoms with Gasteiger partial charge in [-0.15, -0.1) is 0 Å². The summed E-state index contributed by atoms with van der Waals surface area (Å²) in [7, 11) is 0. The molecule has 2 N–H and O–H groups in total. The second-order valence-corrected chi connectivity index (χ2v) is 11.4. The number of anilines is 1. The molecular weight excluding hydrogens is 486 g/mol. The smallest absolute Gasteiger partial charge is 0.408 e. The number of aryl methyl sites for hydroxylation is 2. The SMILES string of the molecule is CSCCC(NC(=O)OC(C)(C)C)C(=O)N(C(C)C)C(C(=O)Nc1ccccc1C)c1ccccc1C. The van der Waals surface area contributed by atoms with Crippen LogP contribution in [0.2, 0.25) is 0 Å². The van der Waals surface area contributed by atoms with Gasteiger partial charge in [0, 0.05) is 11.7 Å². The Kier molecular flexibility index (Phi) is 11.0. The molecule has 0 aliphatic carbocycles. The summed E-state index contributed by atoms with van der Waals surface area (Å²) in [5, 5.41) is 5.80. The minimum Gasteiger partial charge on any atom is -0.444 e. The van der Waals surface area contributed by atoms with Crippen LogP contribution < -0.4 is 10.6 Å². The number of nitrogens with one attached hydrogen (secondary N) is 2. The lowest BCUT2D eigenvalue weighted by Crippen LogP contribution is -2.54. The Morgan fingerprint density at radius 2 is 1.57 bits per heavy atom. The molecule has 0 aromatic heterocycles. The molecule has 202 valence electrons. The van der Waals surface area contributed by atoms with Gasteiger partial charge in [-0.25, -0.2) is 4.79 Å². The molecular formula is C29H41N3O4S. The van der Waals surface area contributed by atoms with Crippen molar-refractivity contribution in [2.75, 3.05) is 17.3 Å². The summed E-state index contributed by atoms with van der Waals surface area (Å²) in [4.78, 5) is 42.2. The first-order chi connectivity index (χ1) is 17.4. The highest BCUT2D eigenvalue weighted by Gasteiger charge is 2.38. The molecule has 2 rings (SSSR count). The third-order valence-electron chi connectivity index (χ3n) is 5.82. The van der Waals surface area contributed by atoms with Gasteiger partial charge in [0.1, 0.15) is 17.7 Å². The Bertz CT molecular complexity index is 1080. The largest absolute Gasteiger partial charge is 0.444 e. The quantitative estimate of drug-likeness (QED) is 0.404. The third kappa shape index (κ3) is 8.81. The van der Waals surface area contributed by atoms with E-state index < -0.39 is 23.8 Å². The Morgan fingerprint density at radius 3 is 2.11 bits per heavy atom. The zero-order valence-electron chi connectivity index (χ0n) is 23.3. The normalized spacial score (nSPS) is 13.0. The number of hydrogen-bond acceptors (Lipinski definition) is 5. The van der Waals surface area contributed by atoms with Gasteiger partial charge in [0.05, 0.1) is 0 Å². The van der Waals surface area contributed by atoms with Crippen molar-refractivity contribution < 1.29 is 19.1 Å². The summed E-state index contributed by atoms with van der Waals surface area (Å²) in [6.45, 7) is 12.9. The van der Waals surface area contributed by atoms with E-state index in [1.165, 1.54) is 0 Å². The maximum absolute atomic E-state index is 14.1. The average Bonchev–Trinajstić information content (AvgIpc) is 2.80. The number of amides is 3. The van der Waals surface area contributed by atoms with Crippen LogP contribution in [-0.2, 0) is 14.3 Å². The van der Waals surface area contributed by atoms with Crippen molar-refractivity contribution in [2.45, 2.75) is 78.6 Å². The number of rotatable bonds is 10. The Labute approximate surface area is 225 Å². The monoisotopic (exact) mass is 527 g/mol. The van der Waals surface area contributed by atoms with E-state index in [-0.39, 0.29) is 17.9 Å². The minimum absolute atomic E-state index is 0.313. The van der Waals surface area contributed by atoms with Crippen LogP contribution in [0.15, 0.2) is 48.5 Å². The van der Waals surface area contributed by atoms with Gasteiger partial charge >= 0.3 is 6.09 Å². The molecule has 0 saturated heterocycles. The van der Waals surface area contributed by atoms with Crippen LogP contribution in [0.3, 0.4) is 0 Å². The van der Waals surface area contributed by atoms with Crippen LogP contribution in [0.4, 0.5) is 10.5 Å². The highest BCUT2D eigenvalue weighted by atomic mass is 32.2. The number of carbonyl (C=O) groups excluding carboxylic acids is 3. The van der Waals surface area contributed by atoms with Gasteiger partial charge in [0.2, 0.25) is 5.91 Å². The Hall–Kier alpha value is -3.00. The molecule has 7 nitrogen and oxygen atoms in total. The zero-order chi connectivity index (χ0) is 27.8. The zero-order valence-corrected chi connectivity index (χ0v) is 24.1. The predicted octanol–water partition coefficient (Wildman–Crippen LogP) is 5.87. The van der Waals surface area contributed by atoms with Crippen molar-refractivity contribution in [3.05, 3.63) is 65.2 Å². The molecule has 2 atom stereocenters. The molecule has 0 aliphatic heterocycles. The molecule has 0 heterocycles. The van der Waals surface area contributed by atoms with Gasteiger partial charge < -0.3 is 20.3 Å². The number of alkyl carbamates (subject to hydrolysis) is 1. The van der Waals surface area contributed by atoms with Crippen molar-refractivity contribution in [3.8, 4) is 0 Å². The van der Waals surface area contributed by atoms with E-state index in [1.807, 2.05) is 82.5 Å². The van der Waals surface area contributed by atoms with E-state index >= 15 is 0 Å². The number of para-hydroxylation sites is 1. The second-order valence-electron chi connectivity index (χ2n) is 10.4. The fourth-order valence-electron chi connectivity index (χ4n) is 4.03. The molecule has 2 unspecified atom stereocenters. The molecule has 0 saturated carbocycles. The van der Waals surface area contributed by atoms with Crippen molar-refractivity contribution >= 4 is 35.4 Å². The first kappa shape index (κ1) is 30.2.